The highest BCUT2D eigenvalue weighted by molar-refractivity contribution is 7.84. The SMILES string of the molecule is N=C(N)c1ccc(OC[C@H](O/N=C(\C(=O)NC2C(=O)N(S(=O)(=O)O)C2Cn2cncn2)c2csc(N)n2)C(=O)O)cc1. The van der Waals surface area contributed by atoms with E-state index in [1.807, 2.05) is 0 Å². The largest absolute Gasteiger partial charge is 0.489 e. The molecular weight excluding hydrogens is 600 g/mol. The highest BCUT2D eigenvalue weighted by atomic mass is 32.2. The lowest BCUT2D eigenvalue weighted by molar-refractivity contribution is -0.152. The summed E-state index contributed by atoms with van der Waals surface area (Å²) < 4.78 is 39.8. The predicted octanol–water partition coefficient (Wildman–Crippen LogP) is -1.95. The van der Waals surface area contributed by atoms with Gasteiger partial charge in [-0.15, -0.1) is 11.3 Å². The molecular formula is C21H22N10O9S2. The summed E-state index contributed by atoms with van der Waals surface area (Å²) in [4.78, 5) is 50.4. The third-order valence-corrected chi connectivity index (χ3v) is 7.26. The Labute approximate surface area is 240 Å². The lowest BCUT2D eigenvalue weighted by atomic mass is 9.98. The van der Waals surface area contributed by atoms with Crippen molar-refractivity contribution in [1.29, 1.82) is 5.41 Å². The number of benzene rings is 1. The number of nitrogen functional groups attached to an aromatic ring is 2. The molecule has 4 rings (SSSR count). The zero-order valence-corrected chi connectivity index (χ0v) is 22.7. The predicted molar refractivity (Wildman–Crippen MR) is 143 cm³/mol. The lowest BCUT2D eigenvalue weighted by Crippen LogP contribution is -2.73. The number of hydrogen-bond acceptors (Lipinski definition) is 14. The van der Waals surface area contributed by atoms with Crippen molar-refractivity contribution < 1.29 is 42.0 Å². The van der Waals surface area contributed by atoms with Crippen LogP contribution >= 0.6 is 11.3 Å². The maximum absolute atomic E-state index is 13.2. The summed E-state index contributed by atoms with van der Waals surface area (Å²) in [6.07, 6.45) is 0.662. The summed E-state index contributed by atoms with van der Waals surface area (Å²) in [6.45, 7) is -0.828. The molecule has 0 bridgehead atoms. The minimum absolute atomic E-state index is 0.0268. The smallest absolute Gasteiger partial charge is 0.362 e. The van der Waals surface area contributed by atoms with Crippen molar-refractivity contribution in [2.24, 2.45) is 10.9 Å². The number of aliphatic carboxylic acids is 1. The number of carbonyl (C=O) groups is 3. The first-order valence-electron chi connectivity index (χ1n) is 11.5. The number of oxime groups is 1. The molecule has 2 aromatic heterocycles. The molecule has 3 atom stereocenters. The van der Waals surface area contributed by atoms with Gasteiger partial charge in [0.1, 0.15) is 42.6 Å². The zero-order chi connectivity index (χ0) is 30.6. The maximum atomic E-state index is 13.2. The second-order valence-electron chi connectivity index (χ2n) is 8.44. The second kappa shape index (κ2) is 12.2. The monoisotopic (exact) mass is 622 g/mol. The minimum Gasteiger partial charge on any atom is -0.489 e. The average molecular weight is 623 g/mol. The van der Waals surface area contributed by atoms with Crippen molar-refractivity contribution in [3.05, 3.63) is 53.6 Å². The van der Waals surface area contributed by atoms with E-state index in [0.717, 1.165) is 17.7 Å². The van der Waals surface area contributed by atoms with Crippen LogP contribution in [-0.2, 0) is 36.1 Å². The Morgan fingerprint density at radius 2 is 2.00 bits per heavy atom. The number of ether oxygens (including phenoxy) is 1. The van der Waals surface area contributed by atoms with Gasteiger partial charge in [0.25, 0.3) is 17.9 Å². The Bertz CT molecular complexity index is 1620. The van der Waals surface area contributed by atoms with Crippen molar-refractivity contribution in [3.63, 3.8) is 0 Å². The number of amides is 2. The van der Waals surface area contributed by atoms with Crippen LogP contribution in [-0.4, -0.2) is 96.3 Å². The highest BCUT2D eigenvalue weighted by Gasteiger charge is 2.54. The van der Waals surface area contributed by atoms with Crippen LogP contribution < -0.4 is 21.5 Å². The van der Waals surface area contributed by atoms with Crippen molar-refractivity contribution in [1.82, 2.24) is 29.4 Å². The molecule has 42 heavy (non-hydrogen) atoms. The molecule has 21 heteroatoms. The average Bonchev–Trinajstić information content (AvgIpc) is 3.60. The van der Waals surface area contributed by atoms with Gasteiger partial charge in [-0.05, 0) is 24.3 Å². The Balaban J connectivity index is 1.52. The van der Waals surface area contributed by atoms with Gasteiger partial charge in [-0.2, -0.15) is 13.5 Å². The molecule has 19 nitrogen and oxygen atoms in total. The van der Waals surface area contributed by atoms with E-state index in [1.54, 1.807) is 0 Å². The van der Waals surface area contributed by atoms with Gasteiger partial charge in [0.05, 0.1) is 12.6 Å². The number of hydrogen-bond donors (Lipinski definition) is 6. The number of aromatic nitrogens is 4. The van der Waals surface area contributed by atoms with Gasteiger partial charge in [0.15, 0.2) is 10.8 Å². The number of nitrogens with one attached hydrogen (secondary N) is 2. The van der Waals surface area contributed by atoms with E-state index in [-0.39, 0.29) is 33.3 Å². The van der Waals surface area contributed by atoms with Gasteiger partial charge < -0.3 is 31.5 Å². The van der Waals surface area contributed by atoms with Crippen LogP contribution in [0.4, 0.5) is 5.13 Å². The Morgan fingerprint density at radius 1 is 1.29 bits per heavy atom. The number of carboxylic acids is 1. The van der Waals surface area contributed by atoms with Crippen LogP contribution in [0.15, 0.2) is 47.5 Å². The number of rotatable bonds is 13. The number of thiazole rings is 1. The van der Waals surface area contributed by atoms with Crippen LogP contribution in [0, 0.1) is 5.41 Å². The molecule has 3 heterocycles. The second-order valence-corrected chi connectivity index (χ2v) is 10.6. The molecule has 0 spiro atoms. The minimum atomic E-state index is -4.98. The zero-order valence-electron chi connectivity index (χ0n) is 21.1. The first kappa shape index (κ1) is 29.8. The first-order chi connectivity index (χ1) is 19.8. The molecule has 222 valence electrons. The van der Waals surface area contributed by atoms with E-state index in [4.69, 9.17) is 26.5 Å². The van der Waals surface area contributed by atoms with Gasteiger partial charge in [0.2, 0.25) is 0 Å². The summed E-state index contributed by atoms with van der Waals surface area (Å²) in [6, 6.07) is 3.12. The van der Waals surface area contributed by atoms with Gasteiger partial charge in [-0.3, -0.25) is 24.2 Å². The first-order valence-corrected chi connectivity index (χ1v) is 13.8. The van der Waals surface area contributed by atoms with Crippen LogP contribution in [0.1, 0.15) is 11.3 Å². The number of β-lactam (4-membered cyclic amide) rings is 1. The number of amidine groups is 1. The Kier molecular flexibility index (Phi) is 8.63. The lowest BCUT2D eigenvalue weighted by Gasteiger charge is -2.43. The standard InChI is InChI=1S/C21H22N10O9S2/c22-17(23)10-1-3-11(4-2-10)39-6-14(20(34)35)40-29-15(12-7-41-21(24)27-12)18(32)28-16-13(5-30-9-25-8-26-30)31(19(16)33)42(36,37)38/h1-4,7-9,13-14,16H,5-6H2,(H3,22,23)(H2,24,27)(H,28,32)(H,34,35)(H,36,37,38)/b29-15-/t13?,14-,16?/m0/s1. The van der Waals surface area contributed by atoms with E-state index in [2.05, 4.69) is 25.5 Å². The quantitative estimate of drug-likeness (QED) is 0.0397. The summed E-state index contributed by atoms with van der Waals surface area (Å²) >= 11 is 0.927. The molecule has 1 aliphatic rings. The summed E-state index contributed by atoms with van der Waals surface area (Å²) in [5, 5.41) is 28.1. The van der Waals surface area contributed by atoms with Crippen molar-refractivity contribution in [3.8, 4) is 5.75 Å². The third kappa shape index (κ3) is 6.76. The van der Waals surface area contributed by atoms with Crippen LogP contribution in [0.5, 0.6) is 5.75 Å². The molecule has 1 aliphatic heterocycles. The van der Waals surface area contributed by atoms with Crippen molar-refractivity contribution in [2.75, 3.05) is 12.3 Å². The Hall–Kier alpha value is -5.15. The number of nitrogens with zero attached hydrogens (tertiary/aromatic N) is 6. The molecule has 1 fully saturated rings. The van der Waals surface area contributed by atoms with E-state index in [0.29, 0.717) is 5.56 Å². The van der Waals surface area contributed by atoms with E-state index < -0.39 is 58.6 Å². The molecule has 1 saturated heterocycles. The van der Waals surface area contributed by atoms with Crippen LogP contribution in [0.3, 0.4) is 0 Å². The molecule has 0 saturated carbocycles. The molecule has 2 unspecified atom stereocenters. The highest BCUT2D eigenvalue weighted by Crippen LogP contribution is 2.25. The number of anilines is 1. The van der Waals surface area contributed by atoms with Crippen LogP contribution in [0.25, 0.3) is 0 Å². The molecule has 8 N–H and O–H groups in total. The fraction of sp³-hybridized carbons (Fsp3) is 0.238. The van der Waals surface area contributed by atoms with E-state index >= 15 is 0 Å². The van der Waals surface area contributed by atoms with Crippen molar-refractivity contribution >= 4 is 56.1 Å². The fourth-order valence-corrected chi connectivity index (χ4v) is 5.05. The summed E-state index contributed by atoms with van der Waals surface area (Å²) in [5.41, 5.74) is 10.8. The number of nitrogens with two attached hydrogens (primary N) is 2. The number of carbonyl (C=O) groups excluding carboxylic acids is 2. The van der Waals surface area contributed by atoms with E-state index in [9.17, 15) is 32.5 Å². The molecule has 1 aromatic carbocycles. The molecule has 2 amide bonds. The van der Waals surface area contributed by atoms with Gasteiger partial charge in [-0.25, -0.2) is 19.1 Å². The van der Waals surface area contributed by atoms with Gasteiger partial charge in [-0.1, -0.05) is 5.16 Å². The summed E-state index contributed by atoms with van der Waals surface area (Å²) in [5.74, 6) is -3.68. The summed E-state index contributed by atoms with van der Waals surface area (Å²) in [7, 11) is -4.98. The topological polar surface area (TPSA) is 291 Å². The molecule has 3 aromatic rings. The third-order valence-electron chi connectivity index (χ3n) is 5.64. The normalized spacial score (nSPS) is 17.7. The van der Waals surface area contributed by atoms with Crippen LogP contribution in [0.2, 0.25) is 0 Å². The fourth-order valence-electron chi connectivity index (χ4n) is 3.64. The molecule has 0 radical (unpaired) electrons. The molecule has 0 aliphatic carbocycles. The maximum Gasteiger partial charge on any atom is 0.362 e. The number of carboxylic acid groups (broad SMARTS) is 1. The van der Waals surface area contributed by atoms with E-state index in [1.165, 1.54) is 40.7 Å². The Morgan fingerprint density at radius 3 is 2.55 bits per heavy atom. The van der Waals surface area contributed by atoms with Crippen molar-refractivity contribution in [2.45, 2.75) is 24.7 Å². The van der Waals surface area contributed by atoms with Gasteiger partial charge in [0, 0.05) is 10.9 Å². The van der Waals surface area contributed by atoms with Gasteiger partial charge >= 0.3 is 16.3 Å².